The minimum atomic E-state index is -1.21. The predicted molar refractivity (Wildman–Crippen MR) is 175 cm³/mol. The van der Waals surface area contributed by atoms with Gasteiger partial charge in [0.2, 0.25) is 11.8 Å². The zero-order valence-corrected chi connectivity index (χ0v) is 26.0. The minimum Gasteiger partial charge on any atom is -0.396 e. The first-order valence-electron chi connectivity index (χ1n) is 15.0. The summed E-state index contributed by atoms with van der Waals surface area (Å²) in [6.45, 7) is 8.27. The van der Waals surface area contributed by atoms with Gasteiger partial charge in [0.15, 0.2) is 0 Å². The number of ether oxygens (including phenoxy) is 1. The summed E-state index contributed by atoms with van der Waals surface area (Å²) in [5.41, 5.74) is 0.166. The van der Waals surface area contributed by atoms with Gasteiger partial charge in [0.25, 0.3) is 5.91 Å². The van der Waals surface area contributed by atoms with Gasteiger partial charge < -0.3 is 24.5 Å². The van der Waals surface area contributed by atoms with Gasteiger partial charge in [-0.1, -0.05) is 76.6 Å². The first-order chi connectivity index (χ1) is 21.4. The van der Waals surface area contributed by atoms with Gasteiger partial charge >= 0.3 is 0 Å². The van der Waals surface area contributed by atoms with E-state index in [4.69, 9.17) is 4.74 Å². The highest BCUT2D eigenvalue weighted by atomic mass is 79.9. The molecule has 1 N–H and O–H groups in total. The molecule has 3 amide bonds. The smallest absolute Gasteiger partial charge is 0.253 e. The summed E-state index contributed by atoms with van der Waals surface area (Å²) in [5, 5.41) is 11.8. The lowest BCUT2D eigenvalue weighted by Crippen LogP contribution is -2.57. The number of benzene rings is 3. The van der Waals surface area contributed by atoms with Crippen molar-refractivity contribution >= 4 is 55.8 Å². The molecule has 3 unspecified atom stereocenters. The average molecular weight is 659 g/mol. The normalized spacial score (nSPS) is 26.9. The zero-order valence-electron chi connectivity index (χ0n) is 24.4. The molecule has 9 heteroatoms. The number of rotatable bonds is 11. The van der Waals surface area contributed by atoms with Gasteiger partial charge in [-0.15, -0.1) is 13.2 Å². The van der Waals surface area contributed by atoms with Gasteiger partial charge in [0.1, 0.15) is 11.6 Å². The van der Waals surface area contributed by atoms with Crippen molar-refractivity contribution in [1.29, 1.82) is 0 Å². The molecule has 3 aliphatic heterocycles. The number of anilines is 2. The van der Waals surface area contributed by atoms with Gasteiger partial charge in [-0.25, -0.2) is 0 Å². The van der Waals surface area contributed by atoms with Gasteiger partial charge in [-0.05, 0) is 47.9 Å². The van der Waals surface area contributed by atoms with Gasteiger partial charge in [0, 0.05) is 42.4 Å². The van der Waals surface area contributed by atoms with Crippen LogP contribution in [0.1, 0.15) is 12.8 Å². The number of carbonyl (C=O) groups is 3. The van der Waals surface area contributed by atoms with Crippen molar-refractivity contribution in [2.75, 3.05) is 36.0 Å². The monoisotopic (exact) mass is 657 g/mol. The Balaban J connectivity index is 1.42. The number of carbonyl (C=O) groups excluding carboxylic acids is 3. The molecule has 3 aliphatic rings. The van der Waals surface area contributed by atoms with E-state index in [0.29, 0.717) is 24.2 Å². The summed E-state index contributed by atoms with van der Waals surface area (Å²) < 4.78 is 6.72. The lowest BCUT2D eigenvalue weighted by atomic mass is 9.70. The lowest BCUT2D eigenvalue weighted by molar-refractivity contribution is -0.140. The number of nitrogens with zero attached hydrogens (tertiary/aromatic N) is 3. The van der Waals surface area contributed by atoms with Crippen LogP contribution in [-0.2, 0) is 19.1 Å². The molecule has 6 rings (SSSR count). The highest BCUT2D eigenvalue weighted by molar-refractivity contribution is 9.09. The average Bonchev–Trinajstić information content (AvgIpc) is 3.64. The van der Waals surface area contributed by atoms with E-state index in [-0.39, 0.29) is 48.8 Å². The van der Waals surface area contributed by atoms with Crippen LogP contribution >= 0.6 is 15.9 Å². The molecule has 3 aromatic carbocycles. The summed E-state index contributed by atoms with van der Waals surface area (Å²) in [4.78, 5) is 48.1. The third kappa shape index (κ3) is 4.87. The topological polar surface area (TPSA) is 90.4 Å². The number of hydrogen-bond donors (Lipinski definition) is 1. The maximum Gasteiger partial charge on any atom is 0.253 e. The number of fused-ring (bicyclic) bond motifs is 2. The molecule has 3 aromatic rings. The highest BCUT2D eigenvalue weighted by Gasteiger charge is 2.77. The Hall–Kier alpha value is -3.79. The summed E-state index contributed by atoms with van der Waals surface area (Å²) >= 11 is 3.76. The molecule has 0 aromatic heterocycles. The maximum atomic E-state index is 14.8. The zero-order chi connectivity index (χ0) is 31.0. The van der Waals surface area contributed by atoms with E-state index >= 15 is 0 Å². The molecule has 1 spiro atoms. The van der Waals surface area contributed by atoms with E-state index < -0.39 is 29.6 Å². The SMILES string of the molecule is C=CCN(C(=O)C1N(CCCO)C(=O)[C@@H]2[C@@H](C(=O)N(CC=C)c3ccccc3)[C@@H]3OC12CC3Br)c1ccc2ccccc2c1. The lowest BCUT2D eigenvalue weighted by Gasteiger charge is -2.37. The van der Waals surface area contributed by atoms with E-state index in [1.807, 2.05) is 72.8 Å². The molecule has 3 saturated heterocycles. The number of likely N-dealkylation sites (tertiary alicyclic amines) is 1. The second kappa shape index (κ2) is 12.3. The largest absolute Gasteiger partial charge is 0.396 e. The Kier molecular flexibility index (Phi) is 8.46. The Morgan fingerprint density at radius 1 is 0.955 bits per heavy atom. The van der Waals surface area contributed by atoms with Crippen LogP contribution in [0.5, 0.6) is 0 Å². The Bertz CT molecular complexity index is 1600. The molecule has 8 nitrogen and oxygen atoms in total. The van der Waals surface area contributed by atoms with Crippen LogP contribution < -0.4 is 9.80 Å². The quantitative estimate of drug-likeness (QED) is 0.238. The molecule has 2 bridgehead atoms. The summed E-state index contributed by atoms with van der Waals surface area (Å²) in [5.74, 6) is -2.48. The van der Waals surface area contributed by atoms with E-state index in [1.54, 1.807) is 26.9 Å². The minimum absolute atomic E-state index is 0.141. The van der Waals surface area contributed by atoms with E-state index in [0.717, 1.165) is 10.8 Å². The fourth-order valence-corrected chi connectivity index (χ4v) is 8.30. The van der Waals surface area contributed by atoms with E-state index in [9.17, 15) is 19.5 Å². The van der Waals surface area contributed by atoms with Crippen LogP contribution in [0, 0.1) is 11.8 Å². The van der Waals surface area contributed by atoms with Crippen molar-refractivity contribution in [3.8, 4) is 0 Å². The number of alkyl halides is 1. The molecule has 3 fully saturated rings. The summed E-state index contributed by atoms with van der Waals surface area (Å²) in [6, 6.07) is 22.1. The van der Waals surface area contributed by atoms with Crippen molar-refractivity contribution in [2.24, 2.45) is 11.8 Å². The number of aliphatic hydroxyl groups excluding tert-OH is 1. The Morgan fingerprint density at radius 3 is 2.30 bits per heavy atom. The number of amides is 3. The van der Waals surface area contributed by atoms with Crippen LogP contribution in [0.2, 0.25) is 0 Å². The Morgan fingerprint density at radius 2 is 1.61 bits per heavy atom. The van der Waals surface area contributed by atoms with Crippen molar-refractivity contribution in [1.82, 2.24) is 4.90 Å². The first kappa shape index (κ1) is 30.2. The second-order valence-electron chi connectivity index (χ2n) is 11.6. The van der Waals surface area contributed by atoms with E-state index in [1.165, 1.54) is 0 Å². The molecular weight excluding hydrogens is 622 g/mol. The van der Waals surface area contributed by atoms with Crippen LogP contribution in [0.3, 0.4) is 0 Å². The van der Waals surface area contributed by atoms with Crippen LogP contribution in [0.4, 0.5) is 11.4 Å². The number of aliphatic hydroxyl groups is 1. The third-order valence-electron chi connectivity index (χ3n) is 9.13. The third-order valence-corrected chi connectivity index (χ3v) is 9.98. The molecule has 0 aliphatic carbocycles. The van der Waals surface area contributed by atoms with Gasteiger partial charge in [-0.2, -0.15) is 0 Å². The number of halogens is 1. The molecule has 6 atom stereocenters. The molecule has 44 heavy (non-hydrogen) atoms. The standard InChI is InChI=1S/C35H36BrN3O5/c1-3-17-37(25-13-6-5-7-14-25)32(41)28-29-33(42)39(19-10-20-40)31(35(29)22-27(36)30(28)44-35)34(43)38(18-4-2)26-16-15-23-11-8-9-12-24(23)21-26/h3-9,11-16,21,27-31,40H,1-2,10,17-20,22H2/t27?,28-,29+,30-,31?,35?/m1/s1. The van der Waals surface area contributed by atoms with Crippen molar-refractivity contribution < 1.29 is 24.2 Å². The molecule has 0 saturated carbocycles. The highest BCUT2D eigenvalue weighted by Crippen LogP contribution is 2.60. The molecule has 3 heterocycles. The second-order valence-corrected chi connectivity index (χ2v) is 12.8. The Labute approximate surface area is 265 Å². The molecular formula is C35H36BrN3O5. The molecule has 228 valence electrons. The van der Waals surface area contributed by atoms with E-state index in [2.05, 4.69) is 29.1 Å². The van der Waals surface area contributed by atoms with Crippen molar-refractivity contribution in [3.05, 3.63) is 98.1 Å². The van der Waals surface area contributed by atoms with Crippen LogP contribution in [0.15, 0.2) is 98.1 Å². The summed E-state index contributed by atoms with van der Waals surface area (Å²) in [6.07, 6.45) is 3.43. The number of hydrogen-bond acceptors (Lipinski definition) is 5. The van der Waals surface area contributed by atoms with Crippen LogP contribution in [-0.4, -0.2) is 76.5 Å². The fraction of sp³-hybridized carbons (Fsp3) is 0.343. The summed E-state index contributed by atoms with van der Waals surface area (Å²) in [7, 11) is 0. The first-order valence-corrected chi connectivity index (χ1v) is 15.9. The van der Waals surface area contributed by atoms with Gasteiger partial charge in [-0.3, -0.25) is 14.4 Å². The fourth-order valence-electron chi connectivity index (χ4n) is 7.36. The van der Waals surface area contributed by atoms with Crippen molar-refractivity contribution in [3.63, 3.8) is 0 Å². The number of para-hydroxylation sites is 1. The van der Waals surface area contributed by atoms with Crippen molar-refractivity contribution in [2.45, 2.75) is 35.4 Å². The predicted octanol–water partition coefficient (Wildman–Crippen LogP) is 4.71. The van der Waals surface area contributed by atoms with Gasteiger partial charge in [0.05, 0.1) is 17.9 Å². The maximum absolute atomic E-state index is 14.8. The molecule has 0 radical (unpaired) electrons. The van der Waals surface area contributed by atoms with Crippen LogP contribution in [0.25, 0.3) is 10.8 Å².